The fraction of sp³-hybridized carbons (Fsp3) is 0.200. The molecule has 0 amide bonds. The third-order valence-corrected chi connectivity index (χ3v) is 1.59. The monoisotopic (exact) mass is 182 g/mol. The lowest BCUT2D eigenvalue weighted by atomic mass is 10.2. The molecule has 1 aromatic carbocycles. The molecular formula is C10H11FO2. The van der Waals surface area contributed by atoms with Crippen LogP contribution in [0.3, 0.4) is 0 Å². The number of rotatable bonds is 3. The predicted octanol–water partition coefficient (Wildman–Crippen LogP) is 1.84. The first kappa shape index (κ1) is 9.74. The predicted molar refractivity (Wildman–Crippen MR) is 49.1 cm³/mol. The van der Waals surface area contributed by atoms with E-state index in [0.29, 0.717) is 5.56 Å². The van der Waals surface area contributed by atoms with Gasteiger partial charge in [0.05, 0.1) is 13.7 Å². The summed E-state index contributed by atoms with van der Waals surface area (Å²) in [4.78, 5) is 0. The Hall–Kier alpha value is -1.35. The smallest absolute Gasteiger partial charge is 0.165 e. The van der Waals surface area contributed by atoms with Crippen molar-refractivity contribution in [2.75, 3.05) is 13.7 Å². The molecule has 0 aliphatic rings. The van der Waals surface area contributed by atoms with Gasteiger partial charge in [0.1, 0.15) is 0 Å². The number of benzene rings is 1. The molecule has 70 valence electrons. The number of hydrogen-bond acceptors (Lipinski definition) is 2. The second-order valence-electron chi connectivity index (χ2n) is 2.48. The summed E-state index contributed by atoms with van der Waals surface area (Å²) in [5.74, 6) is -0.177. The Morgan fingerprint density at radius 2 is 2.31 bits per heavy atom. The average molecular weight is 182 g/mol. The van der Waals surface area contributed by atoms with Gasteiger partial charge in [-0.1, -0.05) is 18.2 Å². The number of aliphatic hydroxyl groups excluding tert-OH is 1. The molecule has 0 bridgehead atoms. The zero-order valence-corrected chi connectivity index (χ0v) is 7.33. The maximum atomic E-state index is 13.1. The second kappa shape index (κ2) is 4.62. The van der Waals surface area contributed by atoms with Crippen LogP contribution >= 0.6 is 0 Å². The lowest BCUT2D eigenvalue weighted by Gasteiger charge is -2.01. The van der Waals surface area contributed by atoms with E-state index in [1.807, 2.05) is 0 Å². The fourth-order valence-electron chi connectivity index (χ4n) is 0.975. The standard InChI is InChI=1S/C10H11FO2/c1-13-10-5-4-8(3-2-6-12)7-9(10)11/h2-5,7,12H,6H2,1H3. The Morgan fingerprint density at radius 1 is 1.54 bits per heavy atom. The number of hydrogen-bond donors (Lipinski definition) is 1. The SMILES string of the molecule is COc1ccc(C=CCO)cc1F. The molecule has 0 radical (unpaired) electrons. The summed E-state index contributed by atoms with van der Waals surface area (Å²) in [5, 5.41) is 8.49. The minimum atomic E-state index is -0.400. The van der Waals surface area contributed by atoms with Crippen LogP contribution in [0.2, 0.25) is 0 Å². The molecule has 13 heavy (non-hydrogen) atoms. The van der Waals surface area contributed by atoms with Crippen LogP contribution < -0.4 is 4.74 Å². The van der Waals surface area contributed by atoms with E-state index in [2.05, 4.69) is 0 Å². The van der Waals surface area contributed by atoms with Crippen molar-refractivity contribution in [1.29, 1.82) is 0 Å². The highest BCUT2D eigenvalue weighted by atomic mass is 19.1. The third kappa shape index (κ3) is 2.56. The van der Waals surface area contributed by atoms with Crippen molar-refractivity contribution in [2.24, 2.45) is 0 Å². The molecule has 0 fully saturated rings. The van der Waals surface area contributed by atoms with Crippen molar-refractivity contribution in [3.05, 3.63) is 35.7 Å². The van der Waals surface area contributed by atoms with Gasteiger partial charge in [-0.05, 0) is 17.7 Å². The highest BCUT2D eigenvalue weighted by Crippen LogP contribution is 2.18. The topological polar surface area (TPSA) is 29.5 Å². The molecule has 0 aromatic heterocycles. The quantitative estimate of drug-likeness (QED) is 0.772. The van der Waals surface area contributed by atoms with Crippen LogP contribution in [-0.2, 0) is 0 Å². The highest BCUT2D eigenvalue weighted by molar-refractivity contribution is 5.51. The van der Waals surface area contributed by atoms with Gasteiger partial charge in [-0.2, -0.15) is 0 Å². The minimum absolute atomic E-state index is 0.0480. The molecule has 2 nitrogen and oxygen atoms in total. The molecule has 0 heterocycles. The first-order chi connectivity index (χ1) is 6.27. The number of ether oxygens (including phenoxy) is 1. The molecule has 3 heteroatoms. The largest absolute Gasteiger partial charge is 0.494 e. The zero-order chi connectivity index (χ0) is 9.68. The Kier molecular flexibility index (Phi) is 3.46. The normalized spacial score (nSPS) is 10.7. The molecule has 0 saturated carbocycles. The van der Waals surface area contributed by atoms with E-state index in [-0.39, 0.29) is 12.4 Å². The molecule has 0 unspecified atom stereocenters. The van der Waals surface area contributed by atoms with Crippen LogP contribution in [-0.4, -0.2) is 18.8 Å². The first-order valence-corrected chi connectivity index (χ1v) is 3.89. The van der Waals surface area contributed by atoms with Crippen LogP contribution in [0.4, 0.5) is 4.39 Å². The number of halogens is 1. The average Bonchev–Trinajstić information content (AvgIpc) is 2.15. The summed E-state index contributed by atoms with van der Waals surface area (Å²) in [6.45, 7) is -0.0480. The van der Waals surface area contributed by atoms with Crippen molar-refractivity contribution in [3.63, 3.8) is 0 Å². The van der Waals surface area contributed by atoms with Gasteiger partial charge in [0.25, 0.3) is 0 Å². The second-order valence-corrected chi connectivity index (χ2v) is 2.48. The Morgan fingerprint density at radius 3 is 2.85 bits per heavy atom. The number of methoxy groups -OCH3 is 1. The van der Waals surface area contributed by atoms with Crippen LogP contribution in [0.15, 0.2) is 24.3 Å². The number of aliphatic hydroxyl groups is 1. The molecule has 1 N–H and O–H groups in total. The van der Waals surface area contributed by atoms with E-state index < -0.39 is 5.82 Å². The Labute approximate surface area is 76.3 Å². The summed E-state index contributed by atoms with van der Waals surface area (Å²) in [6, 6.07) is 4.62. The van der Waals surface area contributed by atoms with Crippen LogP contribution in [0.5, 0.6) is 5.75 Å². The third-order valence-electron chi connectivity index (χ3n) is 1.59. The van der Waals surface area contributed by atoms with Crippen molar-refractivity contribution < 1.29 is 14.2 Å². The lowest BCUT2D eigenvalue weighted by Crippen LogP contribution is -1.87. The summed E-state index contributed by atoms with van der Waals surface area (Å²) >= 11 is 0. The molecule has 1 aromatic rings. The van der Waals surface area contributed by atoms with Crippen molar-refractivity contribution >= 4 is 6.08 Å². The van der Waals surface area contributed by atoms with Crippen molar-refractivity contribution in [2.45, 2.75) is 0 Å². The highest BCUT2D eigenvalue weighted by Gasteiger charge is 2.00. The van der Waals surface area contributed by atoms with E-state index in [9.17, 15) is 4.39 Å². The maximum Gasteiger partial charge on any atom is 0.165 e. The van der Waals surface area contributed by atoms with E-state index >= 15 is 0 Å². The van der Waals surface area contributed by atoms with Crippen LogP contribution in [0.1, 0.15) is 5.56 Å². The van der Waals surface area contributed by atoms with E-state index in [1.165, 1.54) is 13.2 Å². The molecular weight excluding hydrogens is 171 g/mol. The summed E-state index contributed by atoms with van der Waals surface area (Å²) in [5.41, 5.74) is 0.701. The van der Waals surface area contributed by atoms with Crippen molar-refractivity contribution in [1.82, 2.24) is 0 Å². The van der Waals surface area contributed by atoms with Gasteiger partial charge in [0.2, 0.25) is 0 Å². The summed E-state index contributed by atoms with van der Waals surface area (Å²) < 4.78 is 17.8. The van der Waals surface area contributed by atoms with Gasteiger partial charge in [-0.3, -0.25) is 0 Å². The van der Waals surface area contributed by atoms with Gasteiger partial charge in [0, 0.05) is 0 Å². The van der Waals surface area contributed by atoms with E-state index in [4.69, 9.17) is 9.84 Å². The fourth-order valence-corrected chi connectivity index (χ4v) is 0.975. The maximum absolute atomic E-state index is 13.1. The van der Waals surface area contributed by atoms with Gasteiger partial charge in [0.15, 0.2) is 11.6 Å². The molecule has 0 saturated heterocycles. The molecule has 0 atom stereocenters. The van der Waals surface area contributed by atoms with Crippen LogP contribution in [0.25, 0.3) is 6.08 Å². The first-order valence-electron chi connectivity index (χ1n) is 3.89. The summed E-state index contributed by atoms with van der Waals surface area (Å²) in [7, 11) is 1.42. The summed E-state index contributed by atoms with van der Waals surface area (Å²) in [6.07, 6.45) is 3.18. The van der Waals surface area contributed by atoms with Gasteiger partial charge >= 0.3 is 0 Å². The lowest BCUT2D eigenvalue weighted by molar-refractivity contribution is 0.343. The molecule has 0 spiro atoms. The minimum Gasteiger partial charge on any atom is -0.494 e. The van der Waals surface area contributed by atoms with E-state index in [1.54, 1.807) is 24.3 Å². The van der Waals surface area contributed by atoms with Gasteiger partial charge < -0.3 is 9.84 Å². The van der Waals surface area contributed by atoms with Crippen molar-refractivity contribution in [3.8, 4) is 5.75 Å². The molecule has 0 aliphatic heterocycles. The molecule has 1 rings (SSSR count). The van der Waals surface area contributed by atoms with Crippen LogP contribution in [0, 0.1) is 5.82 Å². The zero-order valence-electron chi connectivity index (χ0n) is 7.33. The molecule has 0 aliphatic carbocycles. The van der Waals surface area contributed by atoms with Gasteiger partial charge in [-0.25, -0.2) is 4.39 Å². The van der Waals surface area contributed by atoms with Gasteiger partial charge in [-0.15, -0.1) is 0 Å². The Bertz CT molecular complexity index is 308. The Balaban J connectivity index is 2.89. The van der Waals surface area contributed by atoms with E-state index in [0.717, 1.165) is 0 Å².